The van der Waals surface area contributed by atoms with Crippen LogP contribution < -0.4 is 5.32 Å². The Hall–Kier alpha value is -0.240. The Kier molecular flexibility index (Phi) is 3.48. The maximum Gasteiger partial charge on any atom is 0.224 e. The second kappa shape index (κ2) is 4.56. The average molecular weight is 244 g/mol. The van der Waals surface area contributed by atoms with Crippen LogP contribution in [0, 0.1) is 17.8 Å². The smallest absolute Gasteiger partial charge is 0.224 e. The first-order valence-electron chi connectivity index (χ1n) is 6.55. The van der Waals surface area contributed by atoms with Gasteiger partial charge in [0.15, 0.2) is 0 Å². The fourth-order valence-corrected chi connectivity index (χ4v) is 3.65. The summed E-state index contributed by atoms with van der Waals surface area (Å²) in [6.45, 7) is 4.19. The van der Waals surface area contributed by atoms with Gasteiger partial charge in [0.05, 0.1) is 5.54 Å². The normalized spacial score (nSPS) is 32.3. The topological polar surface area (TPSA) is 29.1 Å². The van der Waals surface area contributed by atoms with E-state index in [2.05, 4.69) is 19.2 Å². The molecular formula is C13H22ClNO. The van der Waals surface area contributed by atoms with Crippen molar-refractivity contribution < 1.29 is 4.79 Å². The summed E-state index contributed by atoms with van der Waals surface area (Å²) in [5, 5.41) is 3.20. The summed E-state index contributed by atoms with van der Waals surface area (Å²) >= 11 is 6.00. The van der Waals surface area contributed by atoms with E-state index in [1.807, 2.05) is 0 Å². The molecule has 0 saturated heterocycles. The van der Waals surface area contributed by atoms with E-state index in [1.165, 1.54) is 19.3 Å². The summed E-state index contributed by atoms with van der Waals surface area (Å²) < 4.78 is 0. The van der Waals surface area contributed by atoms with Crippen molar-refractivity contribution in [2.75, 3.05) is 5.88 Å². The summed E-state index contributed by atoms with van der Waals surface area (Å²) in [7, 11) is 0. The lowest BCUT2D eigenvalue weighted by Gasteiger charge is -2.31. The van der Waals surface area contributed by atoms with Crippen LogP contribution in [0.4, 0.5) is 0 Å². The fourth-order valence-electron chi connectivity index (χ4n) is 3.20. The highest BCUT2D eigenvalue weighted by Crippen LogP contribution is 2.57. The Morgan fingerprint density at radius 1 is 1.31 bits per heavy atom. The zero-order chi connectivity index (χ0) is 11.8. The van der Waals surface area contributed by atoms with E-state index in [0.29, 0.717) is 23.6 Å². The lowest BCUT2D eigenvalue weighted by molar-refractivity contribution is -0.124. The highest BCUT2D eigenvalue weighted by atomic mass is 35.5. The zero-order valence-corrected chi connectivity index (χ0v) is 11.0. The quantitative estimate of drug-likeness (QED) is 0.740. The van der Waals surface area contributed by atoms with Crippen LogP contribution >= 0.6 is 11.6 Å². The SMILES string of the molecule is CCC(CC)(CCl)NC(=O)C1C2CCCC21. The average Bonchev–Trinajstić information content (AvgIpc) is 2.81. The second-order valence-corrected chi connectivity index (χ2v) is 5.66. The van der Waals surface area contributed by atoms with Crippen LogP contribution in [0.1, 0.15) is 46.0 Å². The molecule has 2 saturated carbocycles. The minimum atomic E-state index is -0.171. The van der Waals surface area contributed by atoms with Crippen LogP contribution in [0.25, 0.3) is 0 Å². The van der Waals surface area contributed by atoms with Crippen molar-refractivity contribution in [1.82, 2.24) is 5.32 Å². The van der Waals surface area contributed by atoms with Crippen LogP contribution in [-0.4, -0.2) is 17.3 Å². The van der Waals surface area contributed by atoms with Crippen molar-refractivity contribution in [2.45, 2.75) is 51.5 Å². The monoisotopic (exact) mass is 243 g/mol. The van der Waals surface area contributed by atoms with E-state index in [9.17, 15) is 4.79 Å². The molecule has 2 fully saturated rings. The Morgan fingerprint density at radius 2 is 1.88 bits per heavy atom. The molecule has 0 bridgehead atoms. The van der Waals surface area contributed by atoms with Gasteiger partial charge in [-0.3, -0.25) is 4.79 Å². The molecule has 2 aliphatic carbocycles. The van der Waals surface area contributed by atoms with Gasteiger partial charge in [0.1, 0.15) is 0 Å². The molecule has 1 amide bonds. The number of rotatable bonds is 5. The maximum absolute atomic E-state index is 12.1. The molecular weight excluding hydrogens is 222 g/mol. The highest BCUT2D eigenvalue weighted by molar-refractivity contribution is 6.18. The van der Waals surface area contributed by atoms with Gasteiger partial charge in [-0.05, 0) is 37.5 Å². The molecule has 16 heavy (non-hydrogen) atoms. The molecule has 92 valence electrons. The zero-order valence-electron chi connectivity index (χ0n) is 10.3. The van der Waals surface area contributed by atoms with Gasteiger partial charge in [-0.2, -0.15) is 0 Å². The van der Waals surface area contributed by atoms with Crippen LogP contribution in [0.5, 0.6) is 0 Å². The summed E-state index contributed by atoms with van der Waals surface area (Å²) in [6, 6.07) is 0. The molecule has 2 unspecified atom stereocenters. The van der Waals surface area contributed by atoms with Crippen LogP contribution in [0.15, 0.2) is 0 Å². The van der Waals surface area contributed by atoms with Crippen LogP contribution in [0.2, 0.25) is 0 Å². The molecule has 2 aliphatic rings. The Morgan fingerprint density at radius 3 is 2.31 bits per heavy atom. The highest BCUT2D eigenvalue weighted by Gasteiger charge is 2.57. The first kappa shape index (κ1) is 12.2. The number of hydrogen-bond donors (Lipinski definition) is 1. The van der Waals surface area contributed by atoms with E-state index < -0.39 is 0 Å². The summed E-state index contributed by atoms with van der Waals surface area (Å²) in [5.74, 6) is 2.49. The van der Waals surface area contributed by atoms with Crippen molar-refractivity contribution in [1.29, 1.82) is 0 Å². The van der Waals surface area contributed by atoms with E-state index in [4.69, 9.17) is 11.6 Å². The summed E-state index contributed by atoms with van der Waals surface area (Å²) in [5.41, 5.74) is -0.171. The van der Waals surface area contributed by atoms with Gasteiger partial charge in [0.2, 0.25) is 5.91 Å². The van der Waals surface area contributed by atoms with Gasteiger partial charge in [-0.15, -0.1) is 11.6 Å². The van der Waals surface area contributed by atoms with Crippen molar-refractivity contribution in [3.8, 4) is 0 Å². The predicted molar refractivity (Wildman–Crippen MR) is 66.5 cm³/mol. The summed E-state index contributed by atoms with van der Waals surface area (Å²) in [4.78, 5) is 12.1. The van der Waals surface area contributed by atoms with Gasteiger partial charge < -0.3 is 5.32 Å². The van der Waals surface area contributed by atoms with E-state index in [1.54, 1.807) is 0 Å². The van der Waals surface area contributed by atoms with Crippen molar-refractivity contribution in [2.24, 2.45) is 17.8 Å². The molecule has 0 heterocycles. The minimum Gasteiger partial charge on any atom is -0.349 e. The molecule has 0 radical (unpaired) electrons. The minimum absolute atomic E-state index is 0.171. The second-order valence-electron chi connectivity index (χ2n) is 5.39. The Balaban J connectivity index is 1.91. The summed E-state index contributed by atoms with van der Waals surface area (Å²) in [6.07, 6.45) is 5.67. The lowest BCUT2D eigenvalue weighted by atomic mass is 9.94. The van der Waals surface area contributed by atoms with E-state index >= 15 is 0 Å². The largest absolute Gasteiger partial charge is 0.349 e. The Labute approximate surface area is 103 Å². The molecule has 1 N–H and O–H groups in total. The number of hydrogen-bond acceptors (Lipinski definition) is 1. The van der Waals surface area contributed by atoms with Crippen molar-refractivity contribution in [3.63, 3.8) is 0 Å². The maximum atomic E-state index is 12.1. The number of carbonyl (C=O) groups is 1. The number of alkyl halides is 1. The Bertz CT molecular complexity index is 257. The molecule has 2 nitrogen and oxygen atoms in total. The fraction of sp³-hybridized carbons (Fsp3) is 0.923. The van der Waals surface area contributed by atoms with Crippen molar-refractivity contribution in [3.05, 3.63) is 0 Å². The first-order valence-corrected chi connectivity index (χ1v) is 7.09. The van der Waals surface area contributed by atoms with Crippen molar-refractivity contribution >= 4 is 17.5 Å². The number of carbonyl (C=O) groups excluding carboxylic acids is 1. The lowest BCUT2D eigenvalue weighted by Crippen LogP contribution is -2.50. The van der Waals surface area contributed by atoms with Gasteiger partial charge in [-0.25, -0.2) is 0 Å². The number of fused-ring (bicyclic) bond motifs is 1. The molecule has 2 rings (SSSR count). The number of halogens is 1. The third kappa shape index (κ3) is 1.97. The number of amides is 1. The molecule has 0 aromatic rings. The van der Waals surface area contributed by atoms with Gasteiger partial charge in [0.25, 0.3) is 0 Å². The van der Waals surface area contributed by atoms with Gasteiger partial charge in [0, 0.05) is 11.8 Å². The molecule has 2 atom stereocenters. The standard InChI is InChI=1S/C13H22ClNO/c1-3-13(4-2,8-14)15-12(16)11-9-6-5-7-10(9)11/h9-11H,3-8H2,1-2H3,(H,15,16). The third-order valence-corrected chi connectivity index (χ3v) is 5.22. The first-order chi connectivity index (χ1) is 7.67. The molecule has 0 aliphatic heterocycles. The number of nitrogens with one attached hydrogen (secondary N) is 1. The molecule has 0 aromatic heterocycles. The van der Waals surface area contributed by atoms with Gasteiger partial charge in [-0.1, -0.05) is 20.3 Å². The third-order valence-electron chi connectivity index (χ3n) is 4.71. The van der Waals surface area contributed by atoms with E-state index in [-0.39, 0.29) is 11.4 Å². The van der Waals surface area contributed by atoms with Crippen LogP contribution in [-0.2, 0) is 4.79 Å². The van der Waals surface area contributed by atoms with Crippen LogP contribution in [0.3, 0.4) is 0 Å². The van der Waals surface area contributed by atoms with Gasteiger partial charge >= 0.3 is 0 Å². The predicted octanol–water partition coefficient (Wildman–Crippen LogP) is 2.95. The molecule has 0 aromatic carbocycles. The van der Waals surface area contributed by atoms with E-state index in [0.717, 1.165) is 12.8 Å². The molecule has 3 heteroatoms. The molecule has 0 spiro atoms.